The number of hydrogen-bond acceptors (Lipinski definition) is 5. The van der Waals surface area contributed by atoms with Crippen molar-refractivity contribution in [1.82, 2.24) is 5.32 Å². The van der Waals surface area contributed by atoms with Crippen molar-refractivity contribution in [2.45, 2.75) is 63.8 Å². The van der Waals surface area contributed by atoms with Crippen LogP contribution in [-0.2, 0) is 14.3 Å². The van der Waals surface area contributed by atoms with Gasteiger partial charge in [0.25, 0.3) is 0 Å². The number of nitrogens with one attached hydrogen (secondary N) is 1. The number of carbonyl (C=O) groups excluding carboxylic acids is 1. The van der Waals surface area contributed by atoms with Crippen LogP contribution in [0.2, 0.25) is 0 Å². The van der Waals surface area contributed by atoms with Gasteiger partial charge in [-0.25, -0.2) is 0 Å². The van der Waals surface area contributed by atoms with Crippen molar-refractivity contribution in [1.29, 1.82) is 0 Å². The lowest BCUT2D eigenvalue weighted by Gasteiger charge is -2.42. The molecule has 1 saturated carbocycles. The summed E-state index contributed by atoms with van der Waals surface area (Å²) in [4.78, 5) is 22.9. The average Bonchev–Trinajstić information content (AvgIpc) is 2.71. The molecule has 1 aliphatic carbocycles. The van der Waals surface area contributed by atoms with Crippen LogP contribution in [0.4, 0.5) is 0 Å². The van der Waals surface area contributed by atoms with E-state index in [4.69, 9.17) is 10.5 Å². The highest BCUT2D eigenvalue weighted by Crippen LogP contribution is 2.38. The summed E-state index contributed by atoms with van der Waals surface area (Å²) in [6, 6.07) is -1.07. The molecule has 0 bridgehead atoms. The van der Waals surface area contributed by atoms with Crippen LogP contribution < -0.4 is 11.1 Å². The number of aliphatic carboxylic acids is 1. The minimum atomic E-state index is -1.12. The Balaban J connectivity index is 3.15. The quantitative estimate of drug-likeness (QED) is 0.528. The van der Waals surface area contributed by atoms with Crippen LogP contribution in [-0.4, -0.2) is 53.0 Å². The van der Waals surface area contributed by atoms with E-state index in [1.165, 1.54) is 6.92 Å². The first-order chi connectivity index (χ1) is 10.2. The maximum absolute atomic E-state index is 11.6. The number of carboxylic acid groups (broad SMARTS) is 1. The van der Waals surface area contributed by atoms with Crippen LogP contribution in [0.15, 0.2) is 0 Å². The number of ether oxygens (including phenoxy) is 1. The molecule has 0 spiro atoms. The van der Waals surface area contributed by atoms with Crippen molar-refractivity contribution in [3.05, 3.63) is 0 Å². The second-order valence-electron chi connectivity index (χ2n) is 6.36. The van der Waals surface area contributed by atoms with E-state index in [-0.39, 0.29) is 12.3 Å². The summed E-state index contributed by atoms with van der Waals surface area (Å²) in [6.07, 6.45) is 0.544. The van der Waals surface area contributed by atoms with Gasteiger partial charge in [-0.3, -0.25) is 9.59 Å². The molecule has 6 atom stereocenters. The monoisotopic (exact) mass is 316 g/mol. The Kier molecular flexibility index (Phi) is 6.34. The summed E-state index contributed by atoms with van der Waals surface area (Å²) in [5.74, 6) is -2.82. The molecule has 0 aliphatic heterocycles. The normalized spacial score (nSPS) is 32.3. The number of carbonyl (C=O) groups is 2. The summed E-state index contributed by atoms with van der Waals surface area (Å²) in [5.41, 5.74) is 5.37. The molecule has 0 unspecified atom stereocenters. The number of nitrogens with two attached hydrogens (primary N) is 1. The third kappa shape index (κ3) is 3.77. The third-order valence-corrected chi connectivity index (χ3v) is 4.76. The summed E-state index contributed by atoms with van der Waals surface area (Å²) in [6.45, 7) is 5.23. The van der Waals surface area contributed by atoms with Gasteiger partial charge in [0, 0.05) is 26.0 Å². The smallest absolute Gasteiger partial charge is 0.309 e. The van der Waals surface area contributed by atoms with Gasteiger partial charge in [-0.05, 0) is 19.8 Å². The first-order valence-electron chi connectivity index (χ1n) is 7.66. The van der Waals surface area contributed by atoms with Gasteiger partial charge in [0.2, 0.25) is 5.91 Å². The molecule has 0 aromatic rings. The van der Waals surface area contributed by atoms with E-state index in [1.54, 1.807) is 7.11 Å². The zero-order valence-corrected chi connectivity index (χ0v) is 13.7. The number of aliphatic hydroxyl groups excluding tert-OH is 1. The average molecular weight is 316 g/mol. The molecule has 5 N–H and O–H groups in total. The fourth-order valence-corrected chi connectivity index (χ4v) is 3.56. The molecule has 7 heteroatoms. The Morgan fingerprint density at radius 3 is 2.45 bits per heavy atom. The van der Waals surface area contributed by atoms with E-state index in [9.17, 15) is 19.8 Å². The fraction of sp³-hybridized carbons (Fsp3) is 0.867. The van der Waals surface area contributed by atoms with Crippen LogP contribution >= 0.6 is 0 Å². The maximum atomic E-state index is 11.6. The Labute approximate surface area is 131 Å². The van der Waals surface area contributed by atoms with E-state index < -0.39 is 41.6 Å². The number of hydrogen-bond donors (Lipinski definition) is 4. The molecule has 22 heavy (non-hydrogen) atoms. The molecule has 7 nitrogen and oxygen atoms in total. The van der Waals surface area contributed by atoms with Crippen molar-refractivity contribution in [3.8, 4) is 0 Å². The van der Waals surface area contributed by atoms with E-state index in [1.807, 2.05) is 13.8 Å². The topological polar surface area (TPSA) is 122 Å². The Hall–Kier alpha value is -1.18. The highest BCUT2D eigenvalue weighted by atomic mass is 16.5. The molecular formula is C15H28N2O5. The van der Waals surface area contributed by atoms with Gasteiger partial charge < -0.3 is 26.0 Å². The molecule has 0 radical (unpaired) electrons. The summed E-state index contributed by atoms with van der Waals surface area (Å²) in [7, 11) is 1.55. The van der Waals surface area contributed by atoms with Crippen LogP contribution in [0.3, 0.4) is 0 Å². The molecule has 1 aliphatic rings. The number of aliphatic hydroxyl groups is 1. The highest BCUT2D eigenvalue weighted by Gasteiger charge is 2.52. The first-order valence-corrected chi connectivity index (χ1v) is 7.66. The number of amides is 1. The van der Waals surface area contributed by atoms with Crippen LogP contribution in [0.1, 0.15) is 40.0 Å². The second kappa shape index (κ2) is 7.39. The molecular weight excluding hydrogens is 288 g/mol. The van der Waals surface area contributed by atoms with Crippen LogP contribution in [0.5, 0.6) is 0 Å². The lowest BCUT2D eigenvalue weighted by Crippen LogP contribution is -2.60. The standard InChI is InChI=1S/C15H28N2O5/c1-5-6-15(3,22-4)13(17-8(2)18)11-10(16)7-9(12(11)19)14(20)21/h9-13,19H,5-7,16H2,1-4H3,(H,17,18)(H,20,21)/t9-,10+,11-,12+,13+,15-/m0/s1. The largest absolute Gasteiger partial charge is 0.481 e. The molecule has 0 aromatic carbocycles. The second-order valence-corrected chi connectivity index (χ2v) is 6.36. The molecule has 0 heterocycles. The van der Waals surface area contributed by atoms with Gasteiger partial charge in [-0.15, -0.1) is 0 Å². The predicted molar refractivity (Wildman–Crippen MR) is 81.1 cm³/mol. The number of carboxylic acids is 1. The number of methoxy groups -OCH3 is 1. The van der Waals surface area contributed by atoms with E-state index in [0.29, 0.717) is 6.42 Å². The van der Waals surface area contributed by atoms with Crippen molar-refractivity contribution >= 4 is 11.9 Å². The highest BCUT2D eigenvalue weighted by molar-refractivity contribution is 5.74. The third-order valence-electron chi connectivity index (χ3n) is 4.76. The Bertz CT molecular complexity index is 417. The van der Waals surface area contributed by atoms with Gasteiger partial charge in [0.05, 0.1) is 23.7 Å². The van der Waals surface area contributed by atoms with Crippen molar-refractivity contribution in [2.24, 2.45) is 17.6 Å². The van der Waals surface area contributed by atoms with Crippen molar-refractivity contribution in [2.75, 3.05) is 7.11 Å². The minimum Gasteiger partial charge on any atom is -0.481 e. The molecule has 0 aromatic heterocycles. The summed E-state index contributed by atoms with van der Waals surface area (Å²) >= 11 is 0. The Morgan fingerprint density at radius 1 is 1.50 bits per heavy atom. The lowest BCUT2D eigenvalue weighted by atomic mass is 9.78. The summed E-state index contributed by atoms with van der Waals surface area (Å²) < 4.78 is 5.62. The van der Waals surface area contributed by atoms with E-state index in [2.05, 4.69) is 5.32 Å². The van der Waals surface area contributed by atoms with E-state index >= 15 is 0 Å². The summed E-state index contributed by atoms with van der Waals surface area (Å²) in [5, 5.41) is 22.5. The van der Waals surface area contributed by atoms with Crippen molar-refractivity contribution in [3.63, 3.8) is 0 Å². The minimum absolute atomic E-state index is 0.184. The van der Waals surface area contributed by atoms with Gasteiger partial charge in [0.15, 0.2) is 0 Å². The SMILES string of the molecule is CCC[C@](C)(OC)[C@H](NC(C)=O)[C@@H]1[C@H](O)[C@@H](C(=O)O)C[C@H]1N. The number of rotatable bonds is 7. The predicted octanol–water partition coefficient (Wildman–Crippen LogP) is 0.105. The van der Waals surface area contributed by atoms with Gasteiger partial charge in [-0.1, -0.05) is 13.3 Å². The van der Waals surface area contributed by atoms with Gasteiger partial charge in [0.1, 0.15) is 0 Å². The molecule has 1 fully saturated rings. The van der Waals surface area contributed by atoms with E-state index in [0.717, 1.165) is 6.42 Å². The fourth-order valence-electron chi connectivity index (χ4n) is 3.56. The van der Waals surface area contributed by atoms with Crippen LogP contribution in [0, 0.1) is 11.8 Å². The van der Waals surface area contributed by atoms with Gasteiger partial charge >= 0.3 is 5.97 Å². The zero-order valence-electron chi connectivity index (χ0n) is 13.7. The Morgan fingerprint density at radius 2 is 2.09 bits per heavy atom. The molecule has 0 saturated heterocycles. The molecule has 1 amide bonds. The first kappa shape index (κ1) is 18.9. The zero-order chi connectivity index (χ0) is 17.1. The van der Waals surface area contributed by atoms with Crippen LogP contribution in [0.25, 0.3) is 0 Å². The molecule has 128 valence electrons. The molecule has 1 rings (SSSR count). The van der Waals surface area contributed by atoms with Crippen molar-refractivity contribution < 1.29 is 24.5 Å². The maximum Gasteiger partial charge on any atom is 0.309 e. The lowest BCUT2D eigenvalue weighted by molar-refractivity contribution is -0.146. The van der Waals surface area contributed by atoms with Gasteiger partial charge in [-0.2, -0.15) is 0 Å².